The zero-order chi connectivity index (χ0) is 17.4. The van der Waals surface area contributed by atoms with Crippen LogP contribution in [0, 0.1) is 6.92 Å². The van der Waals surface area contributed by atoms with E-state index in [1.807, 2.05) is 25.1 Å². The summed E-state index contributed by atoms with van der Waals surface area (Å²) in [7, 11) is 0. The van der Waals surface area contributed by atoms with Crippen LogP contribution in [0.15, 0.2) is 24.3 Å². The molecule has 128 valence electrons. The summed E-state index contributed by atoms with van der Waals surface area (Å²) < 4.78 is 5.45. The fourth-order valence-electron chi connectivity index (χ4n) is 1.84. The number of nitrogens with one attached hydrogen (secondary N) is 2. The van der Waals surface area contributed by atoms with Gasteiger partial charge < -0.3 is 4.74 Å². The Morgan fingerprint density at radius 3 is 2.92 bits per heavy atom. The van der Waals surface area contributed by atoms with Crippen molar-refractivity contribution in [1.29, 1.82) is 0 Å². The summed E-state index contributed by atoms with van der Waals surface area (Å²) in [6.07, 6.45) is 2.01. The topological polar surface area (TPSA) is 94.0 Å². The van der Waals surface area contributed by atoms with E-state index in [4.69, 9.17) is 17.0 Å². The van der Waals surface area contributed by atoms with Crippen LogP contribution in [0.3, 0.4) is 0 Å². The SMILES string of the molecule is CCCCn1nnc(NC(=S)NC(=O)COc2ccccc2C)n1. The Kier molecular flexibility index (Phi) is 6.62. The Balaban J connectivity index is 1.76. The molecule has 1 aromatic heterocycles. The number of ether oxygens (including phenoxy) is 1. The number of rotatable bonds is 7. The van der Waals surface area contributed by atoms with Crippen molar-refractivity contribution in [3.8, 4) is 5.75 Å². The maximum Gasteiger partial charge on any atom is 0.269 e. The van der Waals surface area contributed by atoms with E-state index >= 15 is 0 Å². The van der Waals surface area contributed by atoms with E-state index < -0.39 is 0 Å². The number of aryl methyl sites for hydroxylation is 2. The van der Waals surface area contributed by atoms with E-state index in [0.29, 0.717) is 12.3 Å². The Morgan fingerprint density at radius 2 is 2.17 bits per heavy atom. The summed E-state index contributed by atoms with van der Waals surface area (Å²) in [4.78, 5) is 13.3. The molecule has 9 heteroatoms. The molecule has 0 saturated carbocycles. The zero-order valence-corrected chi connectivity index (χ0v) is 14.5. The number of anilines is 1. The van der Waals surface area contributed by atoms with Gasteiger partial charge in [-0.25, -0.2) is 0 Å². The van der Waals surface area contributed by atoms with Crippen molar-refractivity contribution < 1.29 is 9.53 Å². The van der Waals surface area contributed by atoms with Gasteiger partial charge in [0, 0.05) is 0 Å². The number of benzene rings is 1. The maximum absolute atomic E-state index is 11.8. The summed E-state index contributed by atoms with van der Waals surface area (Å²) in [6, 6.07) is 7.46. The fraction of sp³-hybridized carbons (Fsp3) is 0.400. The molecule has 0 radical (unpaired) electrons. The maximum atomic E-state index is 11.8. The van der Waals surface area contributed by atoms with Crippen molar-refractivity contribution in [1.82, 2.24) is 25.5 Å². The number of hydrogen-bond acceptors (Lipinski definition) is 6. The number of nitrogens with zero attached hydrogens (tertiary/aromatic N) is 4. The first-order valence-corrected chi connectivity index (χ1v) is 8.06. The average Bonchev–Trinajstić information content (AvgIpc) is 2.99. The smallest absolute Gasteiger partial charge is 0.269 e. The largest absolute Gasteiger partial charge is 0.483 e. The Hall–Kier alpha value is -2.55. The lowest BCUT2D eigenvalue weighted by molar-refractivity contribution is -0.121. The minimum absolute atomic E-state index is 0.100. The predicted molar refractivity (Wildman–Crippen MR) is 93.8 cm³/mol. The lowest BCUT2D eigenvalue weighted by Gasteiger charge is -2.09. The number of amides is 1. The van der Waals surface area contributed by atoms with Crippen molar-refractivity contribution in [3.63, 3.8) is 0 Å². The minimum atomic E-state index is -0.367. The Bertz CT molecular complexity index is 703. The van der Waals surface area contributed by atoms with Crippen LogP contribution in [0.5, 0.6) is 5.75 Å². The first-order valence-electron chi connectivity index (χ1n) is 7.65. The van der Waals surface area contributed by atoms with Gasteiger partial charge in [-0.3, -0.25) is 15.4 Å². The Labute approximate surface area is 145 Å². The van der Waals surface area contributed by atoms with Crippen LogP contribution >= 0.6 is 12.2 Å². The second-order valence-corrected chi connectivity index (χ2v) is 5.53. The number of tetrazole rings is 1. The van der Waals surface area contributed by atoms with Gasteiger partial charge in [0.2, 0.25) is 0 Å². The molecule has 8 nitrogen and oxygen atoms in total. The molecular weight excluding hydrogens is 328 g/mol. The average molecular weight is 348 g/mol. The van der Waals surface area contributed by atoms with Crippen LogP contribution in [0.4, 0.5) is 5.95 Å². The third-order valence-corrected chi connectivity index (χ3v) is 3.30. The highest BCUT2D eigenvalue weighted by atomic mass is 32.1. The molecule has 0 atom stereocenters. The molecule has 1 heterocycles. The molecule has 0 spiro atoms. The van der Waals surface area contributed by atoms with Crippen molar-refractivity contribution in [3.05, 3.63) is 29.8 Å². The first kappa shape index (κ1) is 17.8. The molecule has 2 N–H and O–H groups in total. The third-order valence-electron chi connectivity index (χ3n) is 3.10. The highest BCUT2D eigenvalue weighted by Gasteiger charge is 2.09. The molecule has 0 aliphatic carbocycles. The number of aromatic nitrogens is 4. The van der Waals surface area contributed by atoms with E-state index in [1.54, 1.807) is 6.07 Å². The molecule has 1 amide bonds. The van der Waals surface area contributed by atoms with E-state index in [9.17, 15) is 4.79 Å². The molecule has 2 rings (SSSR count). The highest BCUT2D eigenvalue weighted by Crippen LogP contribution is 2.15. The molecule has 1 aromatic carbocycles. The summed E-state index contributed by atoms with van der Waals surface area (Å²) in [5.74, 6) is 0.539. The summed E-state index contributed by atoms with van der Waals surface area (Å²) in [6.45, 7) is 4.55. The normalized spacial score (nSPS) is 10.2. The van der Waals surface area contributed by atoms with Crippen molar-refractivity contribution in [2.75, 3.05) is 11.9 Å². The van der Waals surface area contributed by atoms with Gasteiger partial charge in [0.05, 0.1) is 6.54 Å². The van der Waals surface area contributed by atoms with Crippen LogP contribution in [-0.2, 0) is 11.3 Å². The van der Waals surface area contributed by atoms with Gasteiger partial charge in [0.25, 0.3) is 11.9 Å². The predicted octanol–water partition coefficient (Wildman–Crippen LogP) is 1.67. The van der Waals surface area contributed by atoms with Gasteiger partial charge >= 0.3 is 0 Å². The standard InChI is InChI=1S/C15H20N6O2S/c1-3-4-9-21-19-14(18-20-21)17-15(24)16-13(22)10-23-12-8-6-5-7-11(12)2/h5-8H,3-4,9-10H2,1-2H3,(H2,16,17,19,22,24). The van der Waals surface area contributed by atoms with E-state index in [-0.39, 0.29) is 23.6 Å². The van der Waals surface area contributed by atoms with Crippen LogP contribution in [-0.4, -0.2) is 37.8 Å². The van der Waals surface area contributed by atoms with Crippen LogP contribution in [0.1, 0.15) is 25.3 Å². The molecule has 0 bridgehead atoms. The van der Waals surface area contributed by atoms with Crippen molar-refractivity contribution in [2.45, 2.75) is 33.2 Å². The van der Waals surface area contributed by atoms with Gasteiger partial charge in [-0.2, -0.15) is 4.80 Å². The molecule has 0 aliphatic heterocycles. The van der Waals surface area contributed by atoms with Gasteiger partial charge in [0.1, 0.15) is 5.75 Å². The number of para-hydroxylation sites is 1. The van der Waals surface area contributed by atoms with Crippen LogP contribution in [0.2, 0.25) is 0 Å². The Morgan fingerprint density at radius 1 is 1.38 bits per heavy atom. The summed E-state index contributed by atoms with van der Waals surface area (Å²) >= 11 is 5.05. The first-order chi connectivity index (χ1) is 11.6. The number of hydrogen-bond donors (Lipinski definition) is 2. The number of carbonyl (C=O) groups excluding carboxylic acids is 1. The molecule has 0 aliphatic rings. The number of unbranched alkanes of at least 4 members (excludes halogenated alkanes) is 1. The molecule has 0 unspecified atom stereocenters. The van der Waals surface area contributed by atoms with Gasteiger partial charge in [-0.15, -0.1) is 5.10 Å². The summed E-state index contributed by atoms with van der Waals surface area (Å²) in [5.41, 5.74) is 0.957. The van der Waals surface area contributed by atoms with E-state index in [0.717, 1.165) is 18.4 Å². The second kappa shape index (κ2) is 8.92. The minimum Gasteiger partial charge on any atom is -0.483 e. The highest BCUT2D eigenvalue weighted by molar-refractivity contribution is 7.80. The number of thiocarbonyl (C=S) groups is 1. The van der Waals surface area contributed by atoms with Gasteiger partial charge in [0.15, 0.2) is 11.7 Å². The number of carbonyl (C=O) groups is 1. The fourth-order valence-corrected chi connectivity index (χ4v) is 2.05. The summed E-state index contributed by atoms with van der Waals surface area (Å²) in [5, 5.41) is 17.2. The van der Waals surface area contributed by atoms with Crippen molar-refractivity contribution in [2.24, 2.45) is 0 Å². The molecule has 2 aromatic rings. The van der Waals surface area contributed by atoms with Gasteiger partial charge in [-0.05, 0) is 42.4 Å². The third kappa shape index (κ3) is 5.58. The molecule has 0 saturated heterocycles. The van der Waals surface area contributed by atoms with Crippen molar-refractivity contribution >= 4 is 29.2 Å². The van der Waals surface area contributed by atoms with Crippen LogP contribution < -0.4 is 15.4 Å². The second-order valence-electron chi connectivity index (χ2n) is 5.12. The monoisotopic (exact) mass is 348 g/mol. The van der Waals surface area contributed by atoms with Gasteiger partial charge in [-0.1, -0.05) is 36.6 Å². The van der Waals surface area contributed by atoms with E-state index in [1.165, 1.54) is 4.80 Å². The lowest BCUT2D eigenvalue weighted by Crippen LogP contribution is -2.37. The van der Waals surface area contributed by atoms with Crippen LogP contribution in [0.25, 0.3) is 0 Å². The van der Waals surface area contributed by atoms with E-state index in [2.05, 4.69) is 33.0 Å². The molecule has 24 heavy (non-hydrogen) atoms. The molecular formula is C15H20N6O2S. The lowest BCUT2D eigenvalue weighted by atomic mass is 10.2. The molecule has 0 fully saturated rings. The zero-order valence-electron chi connectivity index (χ0n) is 13.7. The quantitative estimate of drug-likeness (QED) is 0.735.